The molecule has 3 fully saturated rings. The fourth-order valence-corrected chi connectivity index (χ4v) is 7.96. The molecule has 124 valence electrons. The Kier molecular flexibility index (Phi) is 3.96. The minimum atomic E-state index is 0.535. The second-order valence-electron chi connectivity index (χ2n) is 9.16. The van der Waals surface area contributed by atoms with Gasteiger partial charge in [0.2, 0.25) is 0 Å². The van der Waals surface area contributed by atoms with Gasteiger partial charge in [0, 0.05) is 11.5 Å². The van der Waals surface area contributed by atoms with Crippen molar-refractivity contribution >= 4 is 22.6 Å². The molecule has 4 rings (SSSR count). The van der Waals surface area contributed by atoms with Gasteiger partial charge in [-0.2, -0.15) is 0 Å². The molecule has 0 aromatic carbocycles. The summed E-state index contributed by atoms with van der Waals surface area (Å²) in [7, 11) is 2.16. The van der Waals surface area contributed by atoms with E-state index in [-0.39, 0.29) is 0 Å². The van der Waals surface area contributed by atoms with Crippen molar-refractivity contribution in [2.75, 3.05) is 7.05 Å². The molecule has 2 heteroatoms. The fourth-order valence-electron chi connectivity index (χ4n) is 7.04. The van der Waals surface area contributed by atoms with E-state index in [0.29, 0.717) is 10.8 Å². The molecule has 0 aromatic heterocycles. The summed E-state index contributed by atoms with van der Waals surface area (Å²) in [6, 6.07) is 0.789. The highest BCUT2D eigenvalue weighted by Crippen LogP contribution is 2.66. The predicted octanol–water partition coefficient (Wildman–Crippen LogP) is 5.55. The number of rotatable bonds is 1. The van der Waals surface area contributed by atoms with Gasteiger partial charge < -0.3 is 5.32 Å². The molecule has 22 heavy (non-hydrogen) atoms. The second-order valence-corrected chi connectivity index (χ2v) is 10.3. The first-order valence-corrected chi connectivity index (χ1v) is 10.6. The molecule has 0 aromatic rings. The van der Waals surface area contributed by atoms with Crippen LogP contribution in [-0.2, 0) is 0 Å². The number of hydrogen-bond donors (Lipinski definition) is 1. The Hall–Kier alpha value is 0.430. The van der Waals surface area contributed by atoms with E-state index in [1.54, 1.807) is 3.58 Å². The summed E-state index contributed by atoms with van der Waals surface area (Å²) in [5, 5.41) is 3.57. The molecular formula is C20H32IN. The summed E-state index contributed by atoms with van der Waals surface area (Å²) in [6.07, 6.45) is 14.2. The standard InChI is InChI=1S/C20H32IN/c1-19-10-8-14(22-3)12-13(19)4-5-15-16-6-7-18(21)20(16,2)11-9-17(15)19/h7,13-17,22H,4-6,8-12H2,1-3H3/t13?,14?,15-,16-,17-,19-,20-/m0/s1. The Labute approximate surface area is 150 Å². The molecule has 0 radical (unpaired) electrons. The van der Waals surface area contributed by atoms with E-state index >= 15 is 0 Å². The molecular weight excluding hydrogens is 381 g/mol. The van der Waals surface area contributed by atoms with Crippen LogP contribution in [0.1, 0.15) is 65.2 Å². The summed E-state index contributed by atoms with van der Waals surface area (Å²) in [4.78, 5) is 0. The van der Waals surface area contributed by atoms with Crippen molar-refractivity contribution in [3.63, 3.8) is 0 Å². The Bertz CT molecular complexity index is 486. The lowest BCUT2D eigenvalue weighted by molar-refractivity contribution is -0.101. The molecule has 0 spiro atoms. The van der Waals surface area contributed by atoms with Gasteiger partial charge >= 0.3 is 0 Å². The molecule has 4 aliphatic carbocycles. The van der Waals surface area contributed by atoms with Gasteiger partial charge in [-0.15, -0.1) is 0 Å². The van der Waals surface area contributed by atoms with Gasteiger partial charge in [-0.3, -0.25) is 0 Å². The zero-order valence-corrected chi connectivity index (χ0v) is 16.7. The number of nitrogens with one attached hydrogen (secondary N) is 1. The largest absolute Gasteiger partial charge is 0.317 e. The second kappa shape index (κ2) is 5.47. The molecule has 0 saturated heterocycles. The third-order valence-corrected chi connectivity index (χ3v) is 10.2. The van der Waals surface area contributed by atoms with Gasteiger partial charge in [-0.25, -0.2) is 0 Å². The highest BCUT2D eigenvalue weighted by molar-refractivity contribution is 14.1. The van der Waals surface area contributed by atoms with Crippen molar-refractivity contribution in [3.8, 4) is 0 Å². The third-order valence-electron chi connectivity index (χ3n) is 8.56. The molecule has 0 heterocycles. The predicted molar refractivity (Wildman–Crippen MR) is 102 cm³/mol. The summed E-state index contributed by atoms with van der Waals surface area (Å²) in [6.45, 7) is 5.25. The van der Waals surface area contributed by atoms with E-state index in [9.17, 15) is 0 Å². The number of allylic oxidation sites excluding steroid dienone is 2. The number of fused-ring (bicyclic) bond motifs is 5. The van der Waals surface area contributed by atoms with E-state index in [4.69, 9.17) is 0 Å². The molecule has 4 aliphatic rings. The van der Waals surface area contributed by atoms with Crippen LogP contribution >= 0.6 is 22.6 Å². The van der Waals surface area contributed by atoms with E-state index in [1.165, 1.54) is 51.4 Å². The van der Waals surface area contributed by atoms with Crippen LogP contribution in [0.15, 0.2) is 9.66 Å². The Morgan fingerprint density at radius 2 is 1.91 bits per heavy atom. The lowest BCUT2D eigenvalue weighted by atomic mass is 9.45. The maximum Gasteiger partial charge on any atom is 0.00671 e. The molecule has 1 nitrogen and oxygen atoms in total. The van der Waals surface area contributed by atoms with Crippen molar-refractivity contribution in [3.05, 3.63) is 9.66 Å². The monoisotopic (exact) mass is 413 g/mol. The van der Waals surface area contributed by atoms with E-state index in [1.807, 2.05) is 0 Å². The summed E-state index contributed by atoms with van der Waals surface area (Å²) >= 11 is 2.65. The lowest BCUT2D eigenvalue weighted by Gasteiger charge is -2.60. The third kappa shape index (κ3) is 2.11. The zero-order chi connectivity index (χ0) is 15.5. The van der Waals surface area contributed by atoms with Gasteiger partial charge in [0.15, 0.2) is 0 Å². The average molecular weight is 413 g/mol. The van der Waals surface area contributed by atoms with Crippen molar-refractivity contribution in [2.45, 2.75) is 71.3 Å². The van der Waals surface area contributed by atoms with Crippen molar-refractivity contribution in [1.82, 2.24) is 5.32 Å². The molecule has 2 unspecified atom stereocenters. The van der Waals surface area contributed by atoms with Crippen LogP contribution in [0.4, 0.5) is 0 Å². The molecule has 7 atom stereocenters. The average Bonchev–Trinajstić information content (AvgIpc) is 2.82. The highest BCUT2D eigenvalue weighted by Gasteiger charge is 2.58. The Morgan fingerprint density at radius 3 is 2.68 bits per heavy atom. The topological polar surface area (TPSA) is 12.0 Å². The summed E-state index contributed by atoms with van der Waals surface area (Å²) in [5.74, 6) is 3.96. The molecule has 0 bridgehead atoms. The molecule has 0 aliphatic heterocycles. The maximum absolute atomic E-state index is 3.57. The van der Waals surface area contributed by atoms with E-state index in [0.717, 1.165) is 29.7 Å². The fraction of sp³-hybridized carbons (Fsp3) is 0.900. The van der Waals surface area contributed by atoms with Crippen LogP contribution in [0.2, 0.25) is 0 Å². The Morgan fingerprint density at radius 1 is 1.09 bits per heavy atom. The zero-order valence-electron chi connectivity index (χ0n) is 14.5. The van der Waals surface area contributed by atoms with E-state index in [2.05, 4.69) is 54.9 Å². The minimum Gasteiger partial charge on any atom is -0.317 e. The van der Waals surface area contributed by atoms with Crippen LogP contribution in [0.25, 0.3) is 0 Å². The normalized spacial score (nSPS) is 54.2. The van der Waals surface area contributed by atoms with Crippen molar-refractivity contribution in [2.24, 2.45) is 34.5 Å². The summed E-state index contributed by atoms with van der Waals surface area (Å²) in [5.41, 5.74) is 1.18. The smallest absolute Gasteiger partial charge is 0.00671 e. The van der Waals surface area contributed by atoms with Crippen LogP contribution in [0.3, 0.4) is 0 Å². The maximum atomic E-state index is 3.57. The first-order valence-electron chi connectivity index (χ1n) is 9.52. The van der Waals surface area contributed by atoms with Crippen LogP contribution in [0.5, 0.6) is 0 Å². The molecule has 1 N–H and O–H groups in total. The van der Waals surface area contributed by atoms with Crippen LogP contribution < -0.4 is 5.32 Å². The quantitative estimate of drug-likeness (QED) is 0.556. The number of halogens is 1. The summed E-state index contributed by atoms with van der Waals surface area (Å²) < 4.78 is 1.68. The first-order chi connectivity index (χ1) is 10.5. The highest BCUT2D eigenvalue weighted by atomic mass is 127. The molecule has 0 amide bonds. The Balaban J connectivity index is 1.59. The van der Waals surface area contributed by atoms with Gasteiger partial charge in [-0.05, 0) is 114 Å². The van der Waals surface area contributed by atoms with Gasteiger partial charge in [-0.1, -0.05) is 19.9 Å². The van der Waals surface area contributed by atoms with Gasteiger partial charge in [0.05, 0.1) is 0 Å². The van der Waals surface area contributed by atoms with Crippen LogP contribution in [-0.4, -0.2) is 13.1 Å². The lowest BCUT2D eigenvalue weighted by Crippen LogP contribution is -2.54. The molecule has 3 saturated carbocycles. The SMILES string of the molecule is CNC1CC[C@@]2(C)C(CC[C@@H]3[C@@H]2CC[C@]2(C)C(I)=CC[C@@H]32)C1. The van der Waals surface area contributed by atoms with E-state index < -0.39 is 0 Å². The number of hydrogen-bond acceptors (Lipinski definition) is 1. The van der Waals surface area contributed by atoms with Gasteiger partial charge in [0.1, 0.15) is 0 Å². The van der Waals surface area contributed by atoms with Gasteiger partial charge in [0.25, 0.3) is 0 Å². The first kappa shape index (κ1) is 15.9. The van der Waals surface area contributed by atoms with Crippen molar-refractivity contribution < 1.29 is 0 Å². The van der Waals surface area contributed by atoms with Crippen LogP contribution in [0, 0.1) is 34.5 Å². The van der Waals surface area contributed by atoms with Crippen molar-refractivity contribution in [1.29, 1.82) is 0 Å². The minimum absolute atomic E-state index is 0.535.